The normalized spacial score (nSPS) is 11.3. The lowest BCUT2D eigenvalue weighted by Crippen LogP contribution is -2.27. The summed E-state index contributed by atoms with van der Waals surface area (Å²) in [7, 11) is 1.58. The van der Waals surface area contributed by atoms with Gasteiger partial charge in [0.2, 0.25) is 0 Å². The first kappa shape index (κ1) is 22.2. The Labute approximate surface area is 191 Å². The van der Waals surface area contributed by atoms with Gasteiger partial charge in [-0.3, -0.25) is 4.79 Å². The summed E-state index contributed by atoms with van der Waals surface area (Å²) in [5.41, 5.74) is 3.48. The van der Waals surface area contributed by atoms with E-state index in [1.165, 1.54) is 16.8 Å². The second-order valence-corrected chi connectivity index (χ2v) is 7.66. The molecule has 4 rings (SSSR count). The summed E-state index contributed by atoms with van der Waals surface area (Å²) >= 11 is 0. The predicted octanol–water partition coefficient (Wildman–Crippen LogP) is 5.19. The number of benzene rings is 2. The Morgan fingerprint density at radius 3 is 2.58 bits per heavy atom. The molecule has 0 amide bonds. The molecule has 0 fully saturated rings. The van der Waals surface area contributed by atoms with Gasteiger partial charge in [0, 0.05) is 18.1 Å². The molecule has 0 aliphatic rings. The maximum Gasteiger partial charge on any atom is 0.275 e. The van der Waals surface area contributed by atoms with Crippen molar-refractivity contribution in [2.75, 3.05) is 7.11 Å². The van der Waals surface area contributed by atoms with Gasteiger partial charge in [0.1, 0.15) is 23.0 Å². The first-order valence-electron chi connectivity index (χ1n) is 10.5. The number of methoxy groups -OCH3 is 1. The molecule has 33 heavy (non-hydrogen) atoms. The van der Waals surface area contributed by atoms with Gasteiger partial charge >= 0.3 is 0 Å². The van der Waals surface area contributed by atoms with E-state index < -0.39 is 0 Å². The number of aryl methyl sites for hydroxylation is 3. The first-order valence-corrected chi connectivity index (χ1v) is 10.5. The molecule has 0 aliphatic carbocycles. The molecule has 0 saturated heterocycles. The van der Waals surface area contributed by atoms with Gasteiger partial charge in [-0.2, -0.15) is 5.10 Å². The second kappa shape index (κ2) is 9.24. The number of aromatic nitrogens is 3. The molecule has 168 valence electrons. The Morgan fingerprint density at radius 1 is 1.09 bits per heavy atom. The first-order chi connectivity index (χ1) is 15.9. The topological polar surface area (TPSA) is 70.2 Å². The van der Waals surface area contributed by atoms with E-state index in [0.717, 1.165) is 5.56 Å². The lowest BCUT2D eigenvalue weighted by molar-refractivity contribution is 0.416. The molecule has 2 aromatic heterocycles. The van der Waals surface area contributed by atoms with Gasteiger partial charge in [-0.25, -0.2) is 14.1 Å². The zero-order valence-electron chi connectivity index (χ0n) is 18.9. The third-order valence-corrected chi connectivity index (χ3v) is 5.33. The van der Waals surface area contributed by atoms with Crippen LogP contribution in [0.5, 0.6) is 5.75 Å². The standard InChI is InChI=1S/C26H24FN3O3/c1-16-25(21-10-5-6-11-24(21)32-4)22(13-12-19-8-7-9-20(27)14-19)26(31)30(29-16)15-23-17(2)33-18(3)28-23/h5-14H,15H2,1-4H3/b13-12+. The Hall–Kier alpha value is -4.00. The molecule has 0 N–H and O–H groups in total. The quantitative estimate of drug-likeness (QED) is 0.409. The molecule has 2 heterocycles. The van der Waals surface area contributed by atoms with Gasteiger partial charge in [-0.15, -0.1) is 0 Å². The number of nitrogens with zero attached hydrogens (tertiary/aromatic N) is 3. The van der Waals surface area contributed by atoms with Crippen molar-refractivity contribution in [3.8, 4) is 16.9 Å². The molecule has 0 radical (unpaired) electrons. The van der Waals surface area contributed by atoms with E-state index in [-0.39, 0.29) is 17.9 Å². The fourth-order valence-electron chi connectivity index (χ4n) is 3.82. The van der Waals surface area contributed by atoms with Gasteiger partial charge in [0.25, 0.3) is 5.56 Å². The van der Waals surface area contributed by atoms with E-state index in [1.54, 1.807) is 45.2 Å². The number of hydrogen-bond acceptors (Lipinski definition) is 5. The molecular formula is C26H24FN3O3. The fraction of sp³-hybridized carbons (Fsp3) is 0.192. The van der Waals surface area contributed by atoms with E-state index in [9.17, 15) is 9.18 Å². The number of rotatable bonds is 6. The average molecular weight is 445 g/mol. The van der Waals surface area contributed by atoms with Crippen molar-refractivity contribution in [2.45, 2.75) is 27.3 Å². The average Bonchev–Trinajstić information content (AvgIpc) is 3.11. The molecular weight excluding hydrogens is 421 g/mol. The van der Waals surface area contributed by atoms with E-state index in [1.807, 2.05) is 31.2 Å². The van der Waals surface area contributed by atoms with Crippen LogP contribution >= 0.6 is 0 Å². The van der Waals surface area contributed by atoms with Gasteiger partial charge in [0.05, 0.1) is 24.9 Å². The Morgan fingerprint density at radius 2 is 1.88 bits per heavy atom. The van der Waals surface area contributed by atoms with Crippen LogP contribution in [0.15, 0.2) is 57.7 Å². The Bertz CT molecular complexity index is 1400. The van der Waals surface area contributed by atoms with Crippen molar-refractivity contribution in [1.29, 1.82) is 0 Å². The largest absolute Gasteiger partial charge is 0.496 e. The number of hydrogen-bond donors (Lipinski definition) is 0. The predicted molar refractivity (Wildman–Crippen MR) is 126 cm³/mol. The summed E-state index contributed by atoms with van der Waals surface area (Å²) in [4.78, 5) is 18.0. The van der Waals surface area contributed by atoms with E-state index in [0.29, 0.717) is 45.5 Å². The van der Waals surface area contributed by atoms with Crippen LogP contribution in [0.4, 0.5) is 4.39 Å². The van der Waals surface area contributed by atoms with E-state index in [4.69, 9.17) is 9.15 Å². The minimum absolute atomic E-state index is 0.176. The number of halogens is 1. The molecule has 0 aliphatic heterocycles. The lowest BCUT2D eigenvalue weighted by Gasteiger charge is -2.15. The fourth-order valence-corrected chi connectivity index (χ4v) is 3.82. The van der Waals surface area contributed by atoms with Crippen LogP contribution in [0, 0.1) is 26.6 Å². The van der Waals surface area contributed by atoms with Crippen molar-refractivity contribution < 1.29 is 13.5 Å². The molecule has 2 aromatic carbocycles. The molecule has 4 aromatic rings. The monoisotopic (exact) mass is 445 g/mol. The van der Waals surface area contributed by atoms with Gasteiger partial charge in [-0.1, -0.05) is 36.4 Å². The smallest absolute Gasteiger partial charge is 0.275 e. The zero-order chi connectivity index (χ0) is 23.5. The minimum Gasteiger partial charge on any atom is -0.496 e. The Kier molecular flexibility index (Phi) is 6.22. The summed E-state index contributed by atoms with van der Waals surface area (Å²) < 4.78 is 26.1. The van der Waals surface area contributed by atoms with Crippen molar-refractivity contribution >= 4 is 12.2 Å². The zero-order valence-corrected chi connectivity index (χ0v) is 18.9. The van der Waals surface area contributed by atoms with Gasteiger partial charge < -0.3 is 9.15 Å². The number of ether oxygens (including phenoxy) is 1. The maximum atomic E-state index is 13.7. The molecule has 0 bridgehead atoms. The van der Waals surface area contributed by atoms with Crippen molar-refractivity contribution in [1.82, 2.24) is 14.8 Å². The van der Waals surface area contributed by atoms with E-state index in [2.05, 4.69) is 10.1 Å². The highest BCUT2D eigenvalue weighted by Crippen LogP contribution is 2.33. The molecule has 0 atom stereocenters. The van der Waals surface area contributed by atoms with Crippen LogP contribution in [-0.4, -0.2) is 21.9 Å². The summed E-state index contributed by atoms with van der Waals surface area (Å²) in [5, 5.41) is 4.57. The van der Waals surface area contributed by atoms with Crippen LogP contribution in [0.1, 0.15) is 34.2 Å². The summed E-state index contributed by atoms with van der Waals surface area (Å²) in [6.07, 6.45) is 3.42. The highest BCUT2D eigenvalue weighted by atomic mass is 19.1. The minimum atomic E-state index is -0.345. The lowest BCUT2D eigenvalue weighted by atomic mass is 9.97. The third kappa shape index (κ3) is 4.62. The second-order valence-electron chi connectivity index (χ2n) is 7.66. The highest BCUT2D eigenvalue weighted by molar-refractivity contribution is 5.84. The summed E-state index contributed by atoms with van der Waals surface area (Å²) in [5.74, 6) is 1.46. The van der Waals surface area contributed by atoms with Crippen LogP contribution < -0.4 is 10.3 Å². The van der Waals surface area contributed by atoms with Crippen LogP contribution in [0.3, 0.4) is 0 Å². The molecule has 7 heteroatoms. The number of para-hydroxylation sites is 1. The van der Waals surface area contributed by atoms with Crippen LogP contribution in [-0.2, 0) is 6.54 Å². The molecule has 6 nitrogen and oxygen atoms in total. The van der Waals surface area contributed by atoms with Crippen LogP contribution in [0.25, 0.3) is 23.3 Å². The molecule has 0 saturated carbocycles. The molecule has 0 unspecified atom stereocenters. The maximum absolute atomic E-state index is 13.7. The van der Waals surface area contributed by atoms with E-state index >= 15 is 0 Å². The highest BCUT2D eigenvalue weighted by Gasteiger charge is 2.19. The van der Waals surface area contributed by atoms with Gasteiger partial charge in [0.15, 0.2) is 5.89 Å². The van der Waals surface area contributed by atoms with Crippen LogP contribution in [0.2, 0.25) is 0 Å². The number of oxazole rings is 1. The summed E-state index contributed by atoms with van der Waals surface area (Å²) in [6, 6.07) is 13.7. The van der Waals surface area contributed by atoms with Crippen molar-refractivity contribution in [2.24, 2.45) is 0 Å². The SMILES string of the molecule is COc1ccccc1-c1c(C)nn(Cc2nc(C)oc2C)c(=O)c1/C=C/c1cccc(F)c1. The molecule has 0 spiro atoms. The van der Waals surface area contributed by atoms with Crippen molar-refractivity contribution in [3.05, 3.63) is 98.9 Å². The summed E-state index contributed by atoms with van der Waals surface area (Å²) in [6.45, 7) is 5.59. The Balaban J connectivity index is 1.91. The van der Waals surface area contributed by atoms with Gasteiger partial charge in [-0.05, 0) is 43.7 Å². The third-order valence-electron chi connectivity index (χ3n) is 5.33. The van der Waals surface area contributed by atoms with Crippen molar-refractivity contribution in [3.63, 3.8) is 0 Å².